The first-order chi connectivity index (χ1) is 17.3. The highest BCUT2D eigenvalue weighted by atomic mass is 19.1. The molecule has 0 bridgehead atoms. The number of carbonyl (C=O) groups excluding carboxylic acids is 2. The molecule has 0 spiro atoms. The van der Waals surface area contributed by atoms with E-state index in [2.05, 4.69) is 15.3 Å². The Kier molecular flexibility index (Phi) is 7.39. The number of amides is 2. The van der Waals surface area contributed by atoms with E-state index >= 15 is 0 Å². The molecule has 0 aliphatic carbocycles. The Balaban J connectivity index is 1.74. The highest BCUT2D eigenvalue weighted by Crippen LogP contribution is 2.30. The molecular formula is C27H21F3N4O2. The zero-order chi connectivity index (χ0) is 25.7. The molecule has 0 aliphatic rings. The fourth-order valence-electron chi connectivity index (χ4n) is 3.91. The topological polar surface area (TPSA) is 98.0 Å². The van der Waals surface area contributed by atoms with Gasteiger partial charge in [-0.1, -0.05) is 18.2 Å². The zero-order valence-electron chi connectivity index (χ0n) is 18.9. The molecule has 0 saturated heterocycles. The standard InChI is InChI=1S/C27H21F3N4O2/c28-18-10-16(11-19(29)14-18)12-24(34-25(35)15-20-4-1-2-8-32-20)26-21(5-3-9-33-26)17-6-7-23(30)22(13-17)27(31)36/h1-11,13-14,24H,12,15H2,(H2,31,36)(H,34,35)/t24-/m0/s1. The Morgan fingerprint density at radius 2 is 1.64 bits per heavy atom. The van der Waals surface area contributed by atoms with Crippen LogP contribution in [0.3, 0.4) is 0 Å². The number of nitrogens with one attached hydrogen (secondary N) is 1. The molecule has 0 saturated carbocycles. The maximum absolute atomic E-state index is 14.1. The van der Waals surface area contributed by atoms with Gasteiger partial charge in [0.2, 0.25) is 5.91 Å². The van der Waals surface area contributed by atoms with Crippen LogP contribution in [0.4, 0.5) is 13.2 Å². The van der Waals surface area contributed by atoms with Crippen LogP contribution in [0.1, 0.15) is 33.4 Å². The summed E-state index contributed by atoms with van der Waals surface area (Å²) in [6.07, 6.45) is 3.05. The number of hydrogen-bond donors (Lipinski definition) is 2. The lowest BCUT2D eigenvalue weighted by molar-refractivity contribution is -0.121. The monoisotopic (exact) mass is 490 g/mol. The molecule has 0 fully saturated rings. The first kappa shape index (κ1) is 24.6. The summed E-state index contributed by atoms with van der Waals surface area (Å²) in [5.41, 5.74) is 7.11. The van der Waals surface area contributed by atoms with Crippen molar-refractivity contribution in [2.75, 3.05) is 0 Å². The summed E-state index contributed by atoms with van der Waals surface area (Å²) in [6.45, 7) is 0. The minimum Gasteiger partial charge on any atom is -0.366 e. The Bertz CT molecular complexity index is 1390. The van der Waals surface area contributed by atoms with Gasteiger partial charge in [0.05, 0.1) is 23.7 Å². The molecule has 0 radical (unpaired) electrons. The van der Waals surface area contributed by atoms with E-state index in [0.717, 1.165) is 12.1 Å². The van der Waals surface area contributed by atoms with Crippen LogP contribution >= 0.6 is 0 Å². The Morgan fingerprint density at radius 3 is 2.33 bits per heavy atom. The van der Waals surface area contributed by atoms with Crippen molar-refractivity contribution in [1.82, 2.24) is 15.3 Å². The fraction of sp³-hybridized carbons (Fsp3) is 0.111. The molecule has 1 atom stereocenters. The van der Waals surface area contributed by atoms with E-state index in [1.54, 1.807) is 36.5 Å². The summed E-state index contributed by atoms with van der Waals surface area (Å²) in [6, 6.07) is 14.7. The van der Waals surface area contributed by atoms with E-state index in [1.807, 2.05) is 0 Å². The third-order valence-corrected chi connectivity index (χ3v) is 5.48. The van der Waals surface area contributed by atoms with Crippen molar-refractivity contribution < 1.29 is 22.8 Å². The highest BCUT2D eigenvalue weighted by molar-refractivity contribution is 5.94. The third-order valence-electron chi connectivity index (χ3n) is 5.48. The van der Waals surface area contributed by atoms with Crippen molar-refractivity contribution in [3.8, 4) is 11.1 Å². The predicted molar refractivity (Wildman–Crippen MR) is 127 cm³/mol. The largest absolute Gasteiger partial charge is 0.366 e. The van der Waals surface area contributed by atoms with Crippen molar-refractivity contribution in [1.29, 1.82) is 0 Å². The molecule has 36 heavy (non-hydrogen) atoms. The first-order valence-electron chi connectivity index (χ1n) is 11.0. The SMILES string of the molecule is NC(=O)c1cc(-c2cccnc2[C@H](Cc2cc(F)cc(F)c2)NC(=O)Cc2ccccn2)ccc1F. The van der Waals surface area contributed by atoms with Crippen LogP contribution in [0.15, 0.2) is 79.1 Å². The van der Waals surface area contributed by atoms with Crippen LogP contribution in [0, 0.1) is 17.5 Å². The van der Waals surface area contributed by atoms with Crippen LogP contribution in [0.2, 0.25) is 0 Å². The molecule has 3 N–H and O–H groups in total. The smallest absolute Gasteiger partial charge is 0.251 e. The second-order valence-electron chi connectivity index (χ2n) is 8.09. The normalized spacial score (nSPS) is 11.6. The number of nitrogens with zero attached hydrogens (tertiary/aromatic N) is 2. The van der Waals surface area contributed by atoms with Gasteiger partial charge in [0.25, 0.3) is 5.91 Å². The van der Waals surface area contributed by atoms with Gasteiger partial charge in [-0.05, 0) is 60.0 Å². The van der Waals surface area contributed by atoms with Gasteiger partial charge in [-0.15, -0.1) is 0 Å². The molecule has 182 valence electrons. The van der Waals surface area contributed by atoms with E-state index in [-0.39, 0.29) is 24.3 Å². The molecule has 4 aromatic rings. The summed E-state index contributed by atoms with van der Waals surface area (Å²) in [7, 11) is 0. The molecule has 2 amide bonds. The number of carbonyl (C=O) groups is 2. The van der Waals surface area contributed by atoms with Crippen LogP contribution in [0.5, 0.6) is 0 Å². The Hall–Kier alpha value is -4.53. The number of rotatable bonds is 8. The molecule has 2 aromatic carbocycles. The summed E-state index contributed by atoms with van der Waals surface area (Å²) >= 11 is 0. The molecule has 0 aliphatic heterocycles. The minimum absolute atomic E-state index is 0.0104. The summed E-state index contributed by atoms with van der Waals surface area (Å²) in [4.78, 5) is 33.2. The zero-order valence-corrected chi connectivity index (χ0v) is 18.9. The number of pyridine rings is 2. The van der Waals surface area contributed by atoms with Gasteiger partial charge in [-0.25, -0.2) is 13.2 Å². The van der Waals surface area contributed by atoms with Crippen LogP contribution < -0.4 is 11.1 Å². The van der Waals surface area contributed by atoms with E-state index in [0.29, 0.717) is 28.1 Å². The maximum atomic E-state index is 14.1. The number of nitrogens with two attached hydrogens (primary N) is 1. The number of halogens is 3. The maximum Gasteiger partial charge on any atom is 0.251 e. The second kappa shape index (κ2) is 10.8. The molecular weight excluding hydrogens is 469 g/mol. The van der Waals surface area contributed by atoms with Crippen LogP contribution in [0.25, 0.3) is 11.1 Å². The quantitative estimate of drug-likeness (QED) is 0.385. The van der Waals surface area contributed by atoms with E-state index in [1.165, 1.54) is 30.5 Å². The van der Waals surface area contributed by atoms with Crippen LogP contribution in [-0.4, -0.2) is 21.8 Å². The summed E-state index contributed by atoms with van der Waals surface area (Å²) in [5, 5.41) is 2.88. The van der Waals surface area contributed by atoms with Gasteiger partial charge in [-0.2, -0.15) is 0 Å². The van der Waals surface area contributed by atoms with Gasteiger partial charge in [0, 0.05) is 29.7 Å². The lowest BCUT2D eigenvalue weighted by Crippen LogP contribution is -2.32. The van der Waals surface area contributed by atoms with Gasteiger partial charge in [0.15, 0.2) is 0 Å². The average Bonchev–Trinajstić information content (AvgIpc) is 2.84. The highest BCUT2D eigenvalue weighted by Gasteiger charge is 2.22. The van der Waals surface area contributed by atoms with E-state index in [4.69, 9.17) is 5.73 Å². The summed E-state index contributed by atoms with van der Waals surface area (Å²) < 4.78 is 41.9. The molecule has 9 heteroatoms. The first-order valence-corrected chi connectivity index (χ1v) is 11.0. The predicted octanol–water partition coefficient (Wildman–Crippen LogP) is 4.30. The van der Waals surface area contributed by atoms with Crippen molar-refractivity contribution >= 4 is 11.8 Å². The third kappa shape index (κ3) is 5.93. The lowest BCUT2D eigenvalue weighted by Gasteiger charge is -2.22. The van der Waals surface area contributed by atoms with Crippen molar-refractivity contribution in [3.05, 3.63) is 119 Å². The van der Waals surface area contributed by atoms with Gasteiger partial charge >= 0.3 is 0 Å². The summed E-state index contributed by atoms with van der Waals surface area (Å²) in [5.74, 6) is -3.60. The molecule has 0 unspecified atom stereocenters. The number of hydrogen-bond acceptors (Lipinski definition) is 4. The van der Waals surface area contributed by atoms with Crippen molar-refractivity contribution in [2.24, 2.45) is 5.73 Å². The van der Waals surface area contributed by atoms with Gasteiger partial charge < -0.3 is 11.1 Å². The number of aromatic nitrogens is 2. The fourth-order valence-corrected chi connectivity index (χ4v) is 3.91. The molecule has 2 heterocycles. The Morgan fingerprint density at radius 1 is 0.889 bits per heavy atom. The molecule has 2 aromatic heterocycles. The number of primary amides is 1. The van der Waals surface area contributed by atoms with Gasteiger partial charge in [-0.3, -0.25) is 19.6 Å². The minimum atomic E-state index is -0.935. The lowest BCUT2D eigenvalue weighted by atomic mass is 9.94. The molecule has 4 rings (SSSR count). The Labute approximate surface area is 205 Å². The van der Waals surface area contributed by atoms with E-state index < -0.39 is 29.4 Å². The average molecular weight is 490 g/mol. The number of benzene rings is 2. The molecule has 6 nitrogen and oxygen atoms in total. The van der Waals surface area contributed by atoms with Gasteiger partial charge in [0.1, 0.15) is 17.5 Å². The van der Waals surface area contributed by atoms with Crippen molar-refractivity contribution in [3.63, 3.8) is 0 Å². The second-order valence-corrected chi connectivity index (χ2v) is 8.09. The van der Waals surface area contributed by atoms with Crippen molar-refractivity contribution in [2.45, 2.75) is 18.9 Å². The van der Waals surface area contributed by atoms with Crippen LogP contribution in [-0.2, 0) is 17.6 Å². The van der Waals surface area contributed by atoms with E-state index in [9.17, 15) is 22.8 Å².